The molecule has 1 amide bonds. The summed E-state index contributed by atoms with van der Waals surface area (Å²) in [5.74, 6) is -0.722. The first-order valence-corrected chi connectivity index (χ1v) is 9.88. The lowest BCUT2D eigenvalue weighted by Gasteiger charge is -2.32. The highest BCUT2D eigenvalue weighted by Gasteiger charge is 2.30. The summed E-state index contributed by atoms with van der Waals surface area (Å²) < 4.78 is 45.0. The number of nitrogens with zero attached hydrogens (tertiary/aromatic N) is 1. The van der Waals surface area contributed by atoms with Gasteiger partial charge in [0.05, 0.1) is 5.75 Å². The maximum atomic E-state index is 13.3. The zero-order valence-corrected chi connectivity index (χ0v) is 15.6. The largest absolute Gasteiger partial charge is 0.444 e. The number of sulfonamides is 1. The van der Waals surface area contributed by atoms with Crippen LogP contribution in [0, 0.1) is 5.82 Å². The number of carbonyl (C=O) groups excluding carboxylic acids is 1. The molecule has 2 rings (SSSR count). The van der Waals surface area contributed by atoms with Crippen molar-refractivity contribution in [3.63, 3.8) is 0 Å². The fraction of sp³-hybridized carbons (Fsp3) is 0.588. The molecule has 1 fully saturated rings. The molecule has 140 valence electrons. The summed E-state index contributed by atoms with van der Waals surface area (Å²) in [6.07, 6.45) is 0.774. The average molecular weight is 372 g/mol. The molecule has 25 heavy (non-hydrogen) atoms. The van der Waals surface area contributed by atoms with Crippen molar-refractivity contribution in [2.75, 3.05) is 13.1 Å². The van der Waals surface area contributed by atoms with Crippen molar-refractivity contribution in [1.82, 2.24) is 9.62 Å². The topological polar surface area (TPSA) is 75.7 Å². The lowest BCUT2D eigenvalue weighted by Crippen LogP contribution is -2.50. The van der Waals surface area contributed by atoms with Crippen LogP contribution in [0.15, 0.2) is 24.3 Å². The van der Waals surface area contributed by atoms with Crippen molar-refractivity contribution in [2.45, 2.75) is 51.0 Å². The van der Waals surface area contributed by atoms with Crippen LogP contribution < -0.4 is 5.32 Å². The maximum Gasteiger partial charge on any atom is 0.407 e. The summed E-state index contributed by atoms with van der Waals surface area (Å²) in [4.78, 5) is 11.9. The molecular formula is C17H25FN2O4S. The number of alkyl carbamates (subject to hydrolysis) is 1. The molecule has 0 radical (unpaired) electrons. The first kappa shape index (κ1) is 19.7. The molecule has 1 atom stereocenters. The molecule has 6 nitrogen and oxygen atoms in total. The van der Waals surface area contributed by atoms with E-state index in [0.29, 0.717) is 24.9 Å². The molecule has 1 N–H and O–H groups in total. The Hall–Kier alpha value is -1.67. The van der Waals surface area contributed by atoms with Crippen LogP contribution in [0.3, 0.4) is 0 Å². The minimum Gasteiger partial charge on any atom is -0.444 e. The smallest absolute Gasteiger partial charge is 0.407 e. The van der Waals surface area contributed by atoms with Crippen LogP contribution >= 0.6 is 0 Å². The molecule has 1 unspecified atom stereocenters. The van der Waals surface area contributed by atoms with Crippen molar-refractivity contribution < 1.29 is 22.3 Å². The quantitative estimate of drug-likeness (QED) is 0.882. The van der Waals surface area contributed by atoms with E-state index < -0.39 is 27.5 Å². The lowest BCUT2D eigenvalue weighted by atomic mass is 10.1. The molecule has 1 saturated heterocycles. The van der Waals surface area contributed by atoms with Crippen LogP contribution in [-0.2, 0) is 20.5 Å². The summed E-state index contributed by atoms with van der Waals surface area (Å²) in [5.41, 5.74) is -0.204. The van der Waals surface area contributed by atoms with Crippen LogP contribution in [0.5, 0.6) is 0 Å². The Morgan fingerprint density at radius 1 is 1.40 bits per heavy atom. The van der Waals surface area contributed by atoms with Crippen LogP contribution in [-0.4, -0.2) is 43.5 Å². The highest BCUT2D eigenvalue weighted by molar-refractivity contribution is 7.88. The van der Waals surface area contributed by atoms with Gasteiger partial charge in [-0.15, -0.1) is 0 Å². The summed E-state index contributed by atoms with van der Waals surface area (Å²) >= 11 is 0. The number of nitrogens with one attached hydrogen (secondary N) is 1. The Balaban J connectivity index is 1.98. The second-order valence-electron chi connectivity index (χ2n) is 7.23. The van der Waals surface area contributed by atoms with Gasteiger partial charge in [-0.25, -0.2) is 17.6 Å². The minimum atomic E-state index is -3.58. The Morgan fingerprint density at radius 2 is 2.12 bits per heavy atom. The summed E-state index contributed by atoms with van der Waals surface area (Å²) in [7, 11) is -3.58. The van der Waals surface area contributed by atoms with Crippen LogP contribution in [0.2, 0.25) is 0 Å². The number of halogens is 1. The molecular weight excluding hydrogens is 347 g/mol. The maximum absolute atomic E-state index is 13.3. The van der Waals surface area contributed by atoms with Crippen molar-refractivity contribution in [1.29, 1.82) is 0 Å². The number of amides is 1. The van der Waals surface area contributed by atoms with Crippen molar-refractivity contribution in [3.8, 4) is 0 Å². The van der Waals surface area contributed by atoms with Gasteiger partial charge in [-0.3, -0.25) is 0 Å². The molecule has 0 saturated carbocycles. The van der Waals surface area contributed by atoms with Gasteiger partial charge in [0.2, 0.25) is 10.0 Å². The van der Waals surface area contributed by atoms with E-state index in [2.05, 4.69) is 5.32 Å². The number of hydrogen-bond donors (Lipinski definition) is 1. The number of rotatable bonds is 4. The van der Waals surface area contributed by atoms with E-state index in [0.717, 1.165) is 0 Å². The number of carbonyl (C=O) groups is 1. The van der Waals surface area contributed by atoms with E-state index in [1.807, 2.05) is 0 Å². The Morgan fingerprint density at radius 3 is 2.76 bits per heavy atom. The molecule has 1 aromatic carbocycles. The van der Waals surface area contributed by atoms with Gasteiger partial charge < -0.3 is 10.1 Å². The predicted octanol–water partition coefficient (Wildman–Crippen LogP) is 2.64. The molecule has 0 spiro atoms. The summed E-state index contributed by atoms with van der Waals surface area (Å²) in [5, 5.41) is 2.72. The average Bonchev–Trinajstić information content (AvgIpc) is 2.45. The normalized spacial score (nSPS) is 19.4. The first-order chi connectivity index (χ1) is 11.5. The third-order valence-corrected chi connectivity index (χ3v) is 5.55. The SMILES string of the molecule is CC(C)(C)OC(=O)NC1CCCN(S(=O)(=O)Cc2cccc(F)c2)C1. The zero-order valence-electron chi connectivity index (χ0n) is 14.8. The van der Waals surface area contributed by atoms with Crippen molar-refractivity contribution in [3.05, 3.63) is 35.6 Å². The van der Waals surface area contributed by atoms with E-state index in [9.17, 15) is 17.6 Å². The highest BCUT2D eigenvalue weighted by atomic mass is 32.2. The minimum absolute atomic E-state index is 0.191. The molecule has 0 aromatic heterocycles. The van der Waals surface area contributed by atoms with Crippen LogP contribution in [0.25, 0.3) is 0 Å². The Bertz CT molecular complexity index is 716. The van der Waals surface area contributed by atoms with Gasteiger partial charge in [-0.2, -0.15) is 4.31 Å². The predicted molar refractivity (Wildman–Crippen MR) is 93.0 cm³/mol. The van der Waals surface area contributed by atoms with Gasteiger partial charge in [-0.1, -0.05) is 12.1 Å². The van der Waals surface area contributed by atoms with E-state index >= 15 is 0 Å². The molecule has 8 heteroatoms. The van der Waals surface area contributed by atoms with Gasteiger partial charge >= 0.3 is 6.09 Å². The third kappa shape index (κ3) is 6.28. The highest BCUT2D eigenvalue weighted by Crippen LogP contribution is 2.18. The lowest BCUT2D eigenvalue weighted by molar-refractivity contribution is 0.0487. The van der Waals surface area contributed by atoms with Crippen LogP contribution in [0.1, 0.15) is 39.2 Å². The molecule has 1 aliphatic rings. The van der Waals surface area contributed by atoms with Crippen molar-refractivity contribution in [2.24, 2.45) is 0 Å². The Kier molecular flexibility index (Phi) is 6.05. The second kappa shape index (κ2) is 7.70. The van der Waals surface area contributed by atoms with Gasteiger partial charge in [0.25, 0.3) is 0 Å². The number of hydrogen-bond acceptors (Lipinski definition) is 4. The standard InChI is InChI=1S/C17H25FN2O4S/c1-17(2,3)24-16(21)19-15-8-5-9-20(11-15)25(22,23)12-13-6-4-7-14(18)10-13/h4,6-7,10,15H,5,8-9,11-12H2,1-3H3,(H,19,21). The van der Waals surface area contributed by atoms with E-state index in [1.54, 1.807) is 26.8 Å². The van der Waals surface area contributed by atoms with E-state index in [1.165, 1.54) is 22.5 Å². The fourth-order valence-electron chi connectivity index (χ4n) is 2.72. The Labute approximate surface area is 148 Å². The molecule has 0 aliphatic carbocycles. The van der Waals surface area contributed by atoms with E-state index in [4.69, 9.17) is 4.74 Å². The number of benzene rings is 1. The number of ether oxygens (including phenoxy) is 1. The fourth-order valence-corrected chi connectivity index (χ4v) is 4.31. The molecule has 1 aliphatic heterocycles. The van der Waals surface area contributed by atoms with Gasteiger partial charge in [0.15, 0.2) is 0 Å². The van der Waals surface area contributed by atoms with Gasteiger partial charge in [0.1, 0.15) is 11.4 Å². The van der Waals surface area contributed by atoms with Gasteiger partial charge in [0, 0.05) is 19.1 Å². The zero-order chi connectivity index (χ0) is 18.7. The molecule has 1 aromatic rings. The first-order valence-electron chi connectivity index (χ1n) is 8.27. The van der Waals surface area contributed by atoms with Gasteiger partial charge in [-0.05, 0) is 51.3 Å². The third-order valence-electron chi connectivity index (χ3n) is 3.74. The van der Waals surface area contributed by atoms with E-state index in [-0.39, 0.29) is 18.3 Å². The molecule has 0 bridgehead atoms. The second-order valence-corrected chi connectivity index (χ2v) is 9.20. The summed E-state index contributed by atoms with van der Waals surface area (Å²) in [6, 6.07) is 5.27. The van der Waals surface area contributed by atoms with Crippen LogP contribution in [0.4, 0.5) is 9.18 Å². The number of piperidine rings is 1. The summed E-state index contributed by atoms with van der Waals surface area (Å²) in [6.45, 7) is 5.89. The molecule has 1 heterocycles. The monoisotopic (exact) mass is 372 g/mol. The van der Waals surface area contributed by atoms with Crippen molar-refractivity contribution >= 4 is 16.1 Å².